The first kappa shape index (κ1) is 16.2. The van der Waals surface area contributed by atoms with E-state index < -0.39 is 11.9 Å². The molecule has 2 atom stereocenters. The van der Waals surface area contributed by atoms with Gasteiger partial charge in [-0.1, -0.05) is 24.6 Å². The molecule has 1 aliphatic heterocycles. The van der Waals surface area contributed by atoms with Crippen molar-refractivity contribution < 1.29 is 19.5 Å². The summed E-state index contributed by atoms with van der Waals surface area (Å²) < 4.78 is 0. The first-order valence-electron chi connectivity index (χ1n) is 8.05. The summed E-state index contributed by atoms with van der Waals surface area (Å²) in [4.78, 5) is 35.7. The number of rotatable bonds is 4. The van der Waals surface area contributed by atoms with Crippen LogP contribution < -0.4 is 10.3 Å². The minimum atomic E-state index is -0.885. The molecule has 7 heteroatoms. The lowest BCUT2D eigenvalue weighted by Gasteiger charge is -2.24. The summed E-state index contributed by atoms with van der Waals surface area (Å²) in [5.41, 5.74) is 0.867. The molecular formula is C17H19N3O4. The smallest absolute Gasteiger partial charge is 0.308 e. The van der Waals surface area contributed by atoms with Crippen LogP contribution in [0.4, 0.5) is 5.69 Å². The maximum Gasteiger partial charge on any atom is 0.308 e. The lowest BCUT2D eigenvalue weighted by molar-refractivity contribution is -0.142. The van der Waals surface area contributed by atoms with Gasteiger partial charge in [-0.05, 0) is 25.0 Å². The summed E-state index contributed by atoms with van der Waals surface area (Å²) in [5.74, 6) is -1.99. The highest BCUT2D eigenvalue weighted by Gasteiger charge is 2.35. The normalized spacial score (nSPS) is 23.8. The standard InChI is InChI=1S/C17H19N3O4/c21-15-10-9-14(19-20(15)11-5-2-1-3-6-11)16(22)18-13-8-4-7-12(13)17(23)24/h1-3,5-6,12-13H,4,7-10H2,(H,18,22)(H,23,24)/t12-,13+/m1/s1. The van der Waals surface area contributed by atoms with E-state index >= 15 is 0 Å². The first-order valence-corrected chi connectivity index (χ1v) is 8.05. The second kappa shape index (κ2) is 6.82. The fraction of sp³-hybridized carbons (Fsp3) is 0.412. The van der Waals surface area contributed by atoms with Gasteiger partial charge in [0, 0.05) is 18.9 Å². The monoisotopic (exact) mass is 329 g/mol. The molecule has 7 nitrogen and oxygen atoms in total. The molecule has 0 bridgehead atoms. The summed E-state index contributed by atoms with van der Waals surface area (Å²) in [6, 6.07) is 8.55. The van der Waals surface area contributed by atoms with E-state index in [4.69, 9.17) is 0 Å². The minimum Gasteiger partial charge on any atom is -0.481 e. The van der Waals surface area contributed by atoms with Gasteiger partial charge in [-0.3, -0.25) is 14.4 Å². The van der Waals surface area contributed by atoms with Crippen molar-refractivity contribution in [3.8, 4) is 0 Å². The number of hydrogen-bond acceptors (Lipinski definition) is 4. The average molecular weight is 329 g/mol. The second-order valence-electron chi connectivity index (χ2n) is 6.04. The van der Waals surface area contributed by atoms with E-state index in [1.54, 1.807) is 24.3 Å². The molecule has 1 saturated carbocycles. The lowest BCUT2D eigenvalue weighted by Crippen LogP contribution is -2.45. The van der Waals surface area contributed by atoms with E-state index in [1.165, 1.54) is 5.01 Å². The van der Waals surface area contributed by atoms with Crippen LogP contribution in [-0.2, 0) is 14.4 Å². The zero-order chi connectivity index (χ0) is 17.1. The van der Waals surface area contributed by atoms with Gasteiger partial charge in [0.2, 0.25) is 5.91 Å². The lowest BCUT2D eigenvalue weighted by atomic mass is 10.0. The van der Waals surface area contributed by atoms with E-state index in [0.717, 1.165) is 6.42 Å². The number of carbonyl (C=O) groups excluding carboxylic acids is 2. The summed E-state index contributed by atoms with van der Waals surface area (Å²) in [5, 5.41) is 17.4. The molecule has 1 fully saturated rings. The molecule has 0 radical (unpaired) electrons. The van der Waals surface area contributed by atoms with Crippen LogP contribution in [0.3, 0.4) is 0 Å². The third kappa shape index (κ3) is 3.29. The molecule has 24 heavy (non-hydrogen) atoms. The quantitative estimate of drug-likeness (QED) is 0.875. The summed E-state index contributed by atoms with van der Waals surface area (Å²) in [7, 11) is 0. The molecule has 0 aromatic heterocycles. The van der Waals surface area contributed by atoms with Gasteiger partial charge in [-0.2, -0.15) is 5.10 Å². The Balaban J connectivity index is 1.75. The van der Waals surface area contributed by atoms with Crippen LogP contribution in [0.15, 0.2) is 35.4 Å². The van der Waals surface area contributed by atoms with Crippen LogP contribution in [0.5, 0.6) is 0 Å². The van der Waals surface area contributed by atoms with E-state index in [1.807, 2.05) is 6.07 Å². The maximum atomic E-state index is 12.4. The van der Waals surface area contributed by atoms with Crippen molar-refractivity contribution in [3.05, 3.63) is 30.3 Å². The van der Waals surface area contributed by atoms with Gasteiger partial charge in [-0.15, -0.1) is 0 Å². The molecule has 2 aliphatic rings. The number of nitrogens with zero attached hydrogens (tertiary/aromatic N) is 2. The fourth-order valence-corrected chi connectivity index (χ4v) is 3.17. The maximum absolute atomic E-state index is 12.4. The number of amides is 2. The Morgan fingerprint density at radius 3 is 2.62 bits per heavy atom. The summed E-state index contributed by atoms with van der Waals surface area (Å²) in [6.07, 6.45) is 2.47. The Kier molecular flexibility index (Phi) is 4.59. The van der Waals surface area contributed by atoms with Crippen LogP contribution in [0.1, 0.15) is 32.1 Å². The second-order valence-corrected chi connectivity index (χ2v) is 6.04. The van der Waals surface area contributed by atoms with Crippen molar-refractivity contribution in [2.24, 2.45) is 11.0 Å². The third-order valence-electron chi connectivity index (χ3n) is 4.45. The van der Waals surface area contributed by atoms with Crippen molar-refractivity contribution in [1.29, 1.82) is 0 Å². The molecular weight excluding hydrogens is 310 g/mol. The van der Waals surface area contributed by atoms with E-state index in [-0.39, 0.29) is 36.4 Å². The highest BCUT2D eigenvalue weighted by molar-refractivity contribution is 6.40. The van der Waals surface area contributed by atoms with Gasteiger partial charge in [-0.25, -0.2) is 5.01 Å². The number of aliphatic carboxylic acids is 1. The predicted molar refractivity (Wildman–Crippen MR) is 87.5 cm³/mol. The number of nitrogens with one attached hydrogen (secondary N) is 1. The predicted octanol–water partition coefficient (Wildman–Crippen LogP) is 1.54. The molecule has 0 unspecified atom stereocenters. The fourth-order valence-electron chi connectivity index (χ4n) is 3.17. The number of anilines is 1. The molecule has 2 amide bonds. The van der Waals surface area contributed by atoms with Gasteiger partial charge < -0.3 is 10.4 Å². The molecule has 126 valence electrons. The van der Waals surface area contributed by atoms with Gasteiger partial charge in [0.15, 0.2) is 0 Å². The summed E-state index contributed by atoms with van der Waals surface area (Å²) >= 11 is 0. The van der Waals surface area contributed by atoms with Crippen LogP contribution in [-0.4, -0.2) is 34.6 Å². The minimum absolute atomic E-state index is 0.165. The molecule has 2 N–H and O–H groups in total. The number of carboxylic acid groups (broad SMARTS) is 1. The van der Waals surface area contributed by atoms with E-state index in [2.05, 4.69) is 10.4 Å². The molecule has 0 spiro atoms. The van der Waals surface area contributed by atoms with E-state index in [9.17, 15) is 19.5 Å². The number of benzene rings is 1. The van der Waals surface area contributed by atoms with Gasteiger partial charge in [0.05, 0.1) is 11.6 Å². The Hall–Kier alpha value is -2.70. The highest BCUT2D eigenvalue weighted by atomic mass is 16.4. The first-order chi connectivity index (χ1) is 11.6. The number of para-hydroxylation sites is 1. The topological polar surface area (TPSA) is 99.1 Å². The summed E-state index contributed by atoms with van der Waals surface area (Å²) in [6.45, 7) is 0. The largest absolute Gasteiger partial charge is 0.481 e. The third-order valence-corrected chi connectivity index (χ3v) is 4.45. The Morgan fingerprint density at radius 2 is 1.92 bits per heavy atom. The van der Waals surface area contributed by atoms with Crippen molar-refractivity contribution >= 4 is 29.2 Å². The van der Waals surface area contributed by atoms with Crippen molar-refractivity contribution in [2.45, 2.75) is 38.1 Å². The van der Waals surface area contributed by atoms with Crippen LogP contribution >= 0.6 is 0 Å². The van der Waals surface area contributed by atoms with Crippen molar-refractivity contribution in [3.63, 3.8) is 0 Å². The Labute approximate surface area is 139 Å². The van der Waals surface area contributed by atoms with Crippen LogP contribution in [0.2, 0.25) is 0 Å². The Morgan fingerprint density at radius 1 is 1.17 bits per heavy atom. The molecule has 3 rings (SSSR count). The van der Waals surface area contributed by atoms with Gasteiger partial charge >= 0.3 is 5.97 Å². The van der Waals surface area contributed by atoms with Gasteiger partial charge in [0.25, 0.3) is 5.91 Å². The van der Waals surface area contributed by atoms with Crippen LogP contribution in [0.25, 0.3) is 0 Å². The van der Waals surface area contributed by atoms with Crippen LogP contribution in [0, 0.1) is 5.92 Å². The molecule has 1 aromatic rings. The number of carbonyl (C=O) groups is 3. The average Bonchev–Trinajstić information content (AvgIpc) is 3.04. The van der Waals surface area contributed by atoms with Gasteiger partial charge in [0.1, 0.15) is 5.71 Å². The highest BCUT2D eigenvalue weighted by Crippen LogP contribution is 2.26. The molecule has 1 aromatic carbocycles. The molecule has 1 heterocycles. The number of carboxylic acids is 1. The SMILES string of the molecule is O=C(N[C@H]1CCC[C@H]1C(=O)O)C1=NN(c2ccccc2)C(=O)CC1. The van der Waals surface area contributed by atoms with Crippen molar-refractivity contribution in [2.75, 3.05) is 5.01 Å². The van der Waals surface area contributed by atoms with Crippen molar-refractivity contribution in [1.82, 2.24) is 5.32 Å². The number of hydrogen-bond donors (Lipinski definition) is 2. The Bertz CT molecular complexity index is 686. The molecule has 1 aliphatic carbocycles. The molecule has 0 saturated heterocycles. The number of hydrazone groups is 1. The zero-order valence-electron chi connectivity index (χ0n) is 13.1. The van der Waals surface area contributed by atoms with E-state index in [0.29, 0.717) is 18.5 Å². The zero-order valence-corrected chi connectivity index (χ0v) is 13.1.